The molecule has 2 aromatic heterocycles. The highest BCUT2D eigenvalue weighted by atomic mass is 16.5. The van der Waals surface area contributed by atoms with Crippen molar-refractivity contribution in [2.75, 3.05) is 18.1 Å². The maximum atomic E-state index is 6.27. The Balaban J connectivity index is 1.52. The van der Waals surface area contributed by atoms with Crippen molar-refractivity contribution >= 4 is 5.82 Å². The average Bonchev–Trinajstić information content (AvgIpc) is 3.36. The lowest BCUT2D eigenvalue weighted by Gasteiger charge is -2.29. The SMILES string of the molecule is c1ccc(N2CC[C@@H](OCC3CC3)[C@H]2Cc2cccnc2)nc1. The lowest BCUT2D eigenvalue weighted by atomic mass is 10.0. The molecule has 2 aliphatic rings. The van der Waals surface area contributed by atoms with Gasteiger partial charge in [0.2, 0.25) is 0 Å². The van der Waals surface area contributed by atoms with Crippen LogP contribution in [0.2, 0.25) is 0 Å². The minimum Gasteiger partial charge on any atom is -0.376 e. The van der Waals surface area contributed by atoms with E-state index in [1.165, 1.54) is 18.4 Å². The second-order valence-corrected chi connectivity index (χ2v) is 6.62. The third-order valence-electron chi connectivity index (χ3n) is 4.84. The summed E-state index contributed by atoms with van der Waals surface area (Å²) in [5.74, 6) is 1.86. The summed E-state index contributed by atoms with van der Waals surface area (Å²) >= 11 is 0. The van der Waals surface area contributed by atoms with Crippen LogP contribution in [0.5, 0.6) is 0 Å². The fraction of sp³-hybridized carbons (Fsp3) is 0.474. The number of nitrogens with zero attached hydrogens (tertiary/aromatic N) is 3. The molecule has 0 aromatic carbocycles. The van der Waals surface area contributed by atoms with Crippen LogP contribution in [0.1, 0.15) is 24.8 Å². The van der Waals surface area contributed by atoms with E-state index in [-0.39, 0.29) is 6.10 Å². The number of aromatic nitrogens is 2. The number of pyridine rings is 2. The van der Waals surface area contributed by atoms with E-state index >= 15 is 0 Å². The van der Waals surface area contributed by atoms with Crippen LogP contribution in [0.25, 0.3) is 0 Å². The molecule has 23 heavy (non-hydrogen) atoms. The Labute approximate surface area is 137 Å². The highest BCUT2D eigenvalue weighted by molar-refractivity contribution is 5.42. The number of rotatable bonds is 6. The monoisotopic (exact) mass is 309 g/mol. The van der Waals surface area contributed by atoms with Crippen molar-refractivity contribution in [2.24, 2.45) is 5.92 Å². The molecule has 3 heterocycles. The van der Waals surface area contributed by atoms with E-state index in [1.54, 1.807) is 0 Å². The molecule has 0 radical (unpaired) electrons. The van der Waals surface area contributed by atoms with Gasteiger partial charge in [0.05, 0.1) is 12.1 Å². The van der Waals surface area contributed by atoms with Gasteiger partial charge in [0, 0.05) is 31.7 Å². The van der Waals surface area contributed by atoms with Crippen LogP contribution < -0.4 is 4.90 Å². The molecule has 0 spiro atoms. The molecular weight excluding hydrogens is 286 g/mol. The van der Waals surface area contributed by atoms with Crippen LogP contribution in [0.3, 0.4) is 0 Å². The Bertz CT molecular complexity index is 615. The van der Waals surface area contributed by atoms with Crippen LogP contribution in [0.4, 0.5) is 5.82 Å². The third-order valence-corrected chi connectivity index (χ3v) is 4.84. The zero-order valence-electron chi connectivity index (χ0n) is 13.3. The Morgan fingerprint density at radius 2 is 2.04 bits per heavy atom. The zero-order valence-corrected chi connectivity index (χ0v) is 13.3. The van der Waals surface area contributed by atoms with Crippen LogP contribution in [0.15, 0.2) is 48.9 Å². The molecule has 2 aromatic rings. The van der Waals surface area contributed by atoms with E-state index in [0.29, 0.717) is 6.04 Å². The highest BCUT2D eigenvalue weighted by Crippen LogP contribution is 2.33. The summed E-state index contributed by atoms with van der Waals surface area (Å²) in [6.07, 6.45) is 10.7. The van der Waals surface area contributed by atoms with Crippen LogP contribution >= 0.6 is 0 Å². The topological polar surface area (TPSA) is 38.2 Å². The predicted molar refractivity (Wildman–Crippen MR) is 90.4 cm³/mol. The van der Waals surface area contributed by atoms with Crippen LogP contribution in [0, 0.1) is 5.92 Å². The molecule has 0 N–H and O–H groups in total. The van der Waals surface area contributed by atoms with Gasteiger partial charge in [-0.25, -0.2) is 4.98 Å². The van der Waals surface area contributed by atoms with Crippen molar-refractivity contribution in [3.63, 3.8) is 0 Å². The molecule has 0 bridgehead atoms. The van der Waals surface area contributed by atoms with Gasteiger partial charge in [-0.3, -0.25) is 4.98 Å². The first-order chi connectivity index (χ1) is 11.4. The summed E-state index contributed by atoms with van der Waals surface area (Å²) in [7, 11) is 0. The van der Waals surface area contributed by atoms with Gasteiger partial charge in [0.1, 0.15) is 5.82 Å². The average molecular weight is 309 g/mol. The third kappa shape index (κ3) is 3.53. The van der Waals surface area contributed by atoms with Crippen LogP contribution in [-0.4, -0.2) is 35.3 Å². The van der Waals surface area contributed by atoms with Crippen molar-refractivity contribution in [3.8, 4) is 0 Å². The summed E-state index contributed by atoms with van der Waals surface area (Å²) in [4.78, 5) is 11.2. The molecule has 1 aliphatic carbocycles. The van der Waals surface area contributed by atoms with Crippen molar-refractivity contribution in [1.82, 2.24) is 9.97 Å². The van der Waals surface area contributed by atoms with Crippen molar-refractivity contribution in [1.29, 1.82) is 0 Å². The fourth-order valence-corrected chi connectivity index (χ4v) is 3.37. The molecule has 1 saturated heterocycles. The second-order valence-electron chi connectivity index (χ2n) is 6.62. The second kappa shape index (κ2) is 6.67. The first kappa shape index (κ1) is 14.6. The van der Waals surface area contributed by atoms with Gasteiger partial charge in [-0.15, -0.1) is 0 Å². The highest BCUT2D eigenvalue weighted by Gasteiger charge is 2.36. The van der Waals surface area contributed by atoms with Gasteiger partial charge < -0.3 is 9.64 Å². The molecule has 2 atom stereocenters. The van der Waals surface area contributed by atoms with Crippen molar-refractivity contribution in [2.45, 2.75) is 37.8 Å². The lowest BCUT2D eigenvalue weighted by Crippen LogP contribution is -2.39. The van der Waals surface area contributed by atoms with E-state index in [1.807, 2.05) is 30.7 Å². The first-order valence-corrected chi connectivity index (χ1v) is 8.58. The lowest BCUT2D eigenvalue weighted by molar-refractivity contribution is 0.0407. The van der Waals surface area contributed by atoms with Gasteiger partial charge in [-0.2, -0.15) is 0 Å². The number of hydrogen-bond donors (Lipinski definition) is 0. The molecule has 4 rings (SSSR count). The van der Waals surface area contributed by atoms with E-state index in [4.69, 9.17) is 4.74 Å². The van der Waals surface area contributed by atoms with E-state index in [0.717, 1.165) is 37.7 Å². The zero-order chi connectivity index (χ0) is 15.5. The molecule has 4 heteroatoms. The molecule has 2 fully saturated rings. The van der Waals surface area contributed by atoms with E-state index in [9.17, 15) is 0 Å². The van der Waals surface area contributed by atoms with Gasteiger partial charge in [0.15, 0.2) is 0 Å². The summed E-state index contributed by atoms with van der Waals surface area (Å²) in [5, 5.41) is 0. The van der Waals surface area contributed by atoms with Crippen LogP contribution in [-0.2, 0) is 11.2 Å². The Hall–Kier alpha value is -1.94. The number of anilines is 1. The number of hydrogen-bond acceptors (Lipinski definition) is 4. The van der Waals surface area contributed by atoms with Crippen molar-refractivity contribution < 1.29 is 4.74 Å². The van der Waals surface area contributed by atoms with E-state index in [2.05, 4.69) is 33.1 Å². The smallest absolute Gasteiger partial charge is 0.128 e. The molecule has 4 nitrogen and oxygen atoms in total. The van der Waals surface area contributed by atoms with Gasteiger partial charge in [-0.1, -0.05) is 12.1 Å². The molecule has 0 amide bonds. The molecule has 1 aliphatic heterocycles. The maximum absolute atomic E-state index is 6.27. The Morgan fingerprint density at radius 3 is 2.78 bits per heavy atom. The van der Waals surface area contributed by atoms with Crippen molar-refractivity contribution in [3.05, 3.63) is 54.5 Å². The Kier molecular flexibility index (Phi) is 4.24. The summed E-state index contributed by atoms with van der Waals surface area (Å²) in [5.41, 5.74) is 1.26. The molecular formula is C19H23N3O. The van der Waals surface area contributed by atoms with Gasteiger partial charge >= 0.3 is 0 Å². The Morgan fingerprint density at radius 1 is 1.09 bits per heavy atom. The quantitative estimate of drug-likeness (QED) is 0.822. The maximum Gasteiger partial charge on any atom is 0.128 e. The normalized spacial score (nSPS) is 24.1. The summed E-state index contributed by atoms with van der Waals surface area (Å²) < 4.78 is 6.27. The number of ether oxygens (including phenoxy) is 1. The minimum absolute atomic E-state index is 0.290. The predicted octanol–water partition coefficient (Wildman–Crippen LogP) is 3.09. The fourth-order valence-electron chi connectivity index (χ4n) is 3.37. The first-order valence-electron chi connectivity index (χ1n) is 8.58. The van der Waals surface area contributed by atoms with E-state index < -0.39 is 0 Å². The largest absolute Gasteiger partial charge is 0.376 e. The van der Waals surface area contributed by atoms with Gasteiger partial charge in [-0.05, 0) is 55.4 Å². The van der Waals surface area contributed by atoms with Gasteiger partial charge in [0.25, 0.3) is 0 Å². The molecule has 0 unspecified atom stereocenters. The summed E-state index contributed by atoms with van der Waals surface area (Å²) in [6.45, 7) is 1.93. The standard InChI is InChI=1S/C19H23N3O/c1-2-10-21-19(5-1)22-11-8-18(23-14-15-6-7-15)17(22)12-16-4-3-9-20-13-16/h1-5,9-10,13,15,17-18H,6-8,11-12,14H2/t17-,18-/m1/s1. The molecule has 120 valence electrons. The molecule has 1 saturated carbocycles. The minimum atomic E-state index is 0.290. The summed E-state index contributed by atoms with van der Waals surface area (Å²) in [6, 6.07) is 10.6.